The Kier molecular flexibility index (Phi) is 4.81. The van der Waals surface area contributed by atoms with Crippen molar-refractivity contribution in [1.82, 2.24) is 0 Å². The van der Waals surface area contributed by atoms with Gasteiger partial charge in [-0.05, 0) is 36.6 Å². The molecular formula is C15H21NO3S. The fraction of sp³-hybridized carbons (Fsp3) is 0.533. The molecule has 0 radical (unpaired) electrons. The Morgan fingerprint density at radius 3 is 2.35 bits per heavy atom. The molecule has 1 aromatic carbocycles. The first-order chi connectivity index (χ1) is 9.44. The first-order valence-corrected chi connectivity index (χ1v) is 8.94. The van der Waals surface area contributed by atoms with Crippen LogP contribution in [0.4, 0.5) is 5.69 Å². The molecule has 1 N–H and O–H groups in total. The van der Waals surface area contributed by atoms with E-state index in [-0.39, 0.29) is 5.78 Å². The second kappa shape index (κ2) is 6.39. The maximum atomic E-state index is 12.1. The minimum Gasteiger partial charge on any atom is -0.294 e. The monoisotopic (exact) mass is 295 g/mol. The van der Waals surface area contributed by atoms with E-state index in [1.165, 1.54) is 25.7 Å². The third kappa shape index (κ3) is 4.63. The van der Waals surface area contributed by atoms with Crippen LogP contribution in [0.2, 0.25) is 0 Å². The van der Waals surface area contributed by atoms with Crippen LogP contribution in [0.1, 0.15) is 48.9 Å². The van der Waals surface area contributed by atoms with Crippen molar-refractivity contribution in [2.24, 2.45) is 5.92 Å². The summed E-state index contributed by atoms with van der Waals surface area (Å²) in [5, 5.41) is 0. The predicted octanol–water partition coefficient (Wildman–Crippen LogP) is 3.21. The van der Waals surface area contributed by atoms with Crippen LogP contribution >= 0.6 is 0 Å². The lowest BCUT2D eigenvalue weighted by Gasteiger charge is -2.08. The van der Waals surface area contributed by atoms with Crippen molar-refractivity contribution in [3.05, 3.63) is 29.8 Å². The molecule has 1 aliphatic rings. The molecule has 1 saturated carbocycles. The average molecular weight is 295 g/mol. The van der Waals surface area contributed by atoms with Crippen LogP contribution in [0.15, 0.2) is 24.3 Å². The summed E-state index contributed by atoms with van der Waals surface area (Å²) >= 11 is 0. The van der Waals surface area contributed by atoms with Crippen molar-refractivity contribution in [1.29, 1.82) is 0 Å². The van der Waals surface area contributed by atoms with Crippen molar-refractivity contribution in [3.63, 3.8) is 0 Å². The molecular weight excluding hydrogens is 274 g/mol. The number of benzene rings is 1. The van der Waals surface area contributed by atoms with E-state index < -0.39 is 10.0 Å². The maximum absolute atomic E-state index is 12.1. The van der Waals surface area contributed by atoms with Gasteiger partial charge in [-0.1, -0.05) is 25.7 Å². The number of anilines is 1. The molecule has 4 nitrogen and oxygen atoms in total. The van der Waals surface area contributed by atoms with Gasteiger partial charge in [-0.3, -0.25) is 9.52 Å². The van der Waals surface area contributed by atoms with Gasteiger partial charge in [-0.2, -0.15) is 0 Å². The number of ketones is 1. The van der Waals surface area contributed by atoms with E-state index >= 15 is 0 Å². The number of rotatable bonds is 6. The molecule has 0 aromatic heterocycles. The van der Waals surface area contributed by atoms with Crippen LogP contribution < -0.4 is 4.72 Å². The zero-order chi connectivity index (χ0) is 14.6. The lowest BCUT2D eigenvalue weighted by molar-refractivity contribution is 0.0974. The molecule has 0 aliphatic heterocycles. The molecule has 2 rings (SSSR count). The van der Waals surface area contributed by atoms with E-state index in [1.807, 2.05) is 0 Å². The van der Waals surface area contributed by atoms with Gasteiger partial charge in [0.25, 0.3) is 0 Å². The SMILES string of the molecule is CS(=O)(=O)Nc1ccc(C(=O)CCC2CCCC2)cc1. The van der Waals surface area contributed by atoms with Crippen molar-refractivity contribution in [2.75, 3.05) is 11.0 Å². The second-order valence-electron chi connectivity index (χ2n) is 5.56. The van der Waals surface area contributed by atoms with Gasteiger partial charge in [0.2, 0.25) is 10.0 Å². The number of hydrogen-bond acceptors (Lipinski definition) is 3. The van der Waals surface area contributed by atoms with Gasteiger partial charge in [-0.15, -0.1) is 0 Å². The number of hydrogen-bond donors (Lipinski definition) is 1. The lowest BCUT2D eigenvalue weighted by Crippen LogP contribution is -2.09. The van der Waals surface area contributed by atoms with Crippen LogP contribution in [-0.2, 0) is 10.0 Å². The summed E-state index contributed by atoms with van der Waals surface area (Å²) in [4.78, 5) is 12.1. The maximum Gasteiger partial charge on any atom is 0.229 e. The quantitative estimate of drug-likeness (QED) is 0.820. The largest absolute Gasteiger partial charge is 0.294 e. The highest BCUT2D eigenvalue weighted by atomic mass is 32.2. The summed E-state index contributed by atoms with van der Waals surface area (Å²) in [6.07, 6.45) is 7.77. The van der Waals surface area contributed by atoms with Crippen LogP contribution in [0, 0.1) is 5.92 Å². The van der Waals surface area contributed by atoms with E-state index in [0.29, 0.717) is 23.6 Å². The van der Waals surface area contributed by atoms with Gasteiger partial charge in [0.15, 0.2) is 5.78 Å². The van der Waals surface area contributed by atoms with Gasteiger partial charge >= 0.3 is 0 Å². The summed E-state index contributed by atoms with van der Waals surface area (Å²) in [5.41, 5.74) is 1.14. The average Bonchev–Trinajstić information content (AvgIpc) is 2.88. The van der Waals surface area contributed by atoms with E-state index in [4.69, 9.17) is 0 Å². The van der Waals surface area contributed by atoms with E-state index in [1.54, 1.807) is 24.3 Å². The normalized spacial score (nSPS) is 16.2. The standard InChI is InChI=1S/C15H21NO3S/c1-20(18,19)16-14-9-7-13(8-10-14)15(17)11-6-12-4-2-3-5-12/h7-10,12,16H,2-6,11H2,1H3. The molecule has 0 atom stereocenters. The van der Waals surface area contributed by atoms with Crippen molar-refractivity contribution < 1.29 is 13.2 Å². The minimum atomic E-state index is -3.27. The number of carbonyl (C=O) groups is 1. The number of nitrogens with one attached hydrogen (secondary N) is 1. The molecule has 0 amide bonds. The van der Waals surface area contributed by atoms with Gasteiger partial charge in [0.1, 0.15) is 0 Å². The van der Waals surface area contributed by atoms with Crippen LogP contribution in [0.3, 0.4) is 0 Å². The van der Waals surface area contributed by atoms with E-state index in [0.717, 1.165) is 12.7 Å². The second-order valence-corrected chi connectivity index (χ2v) is 7.31. The first kappa shape index (κ1) is 15.0. The van der Waals surface area contributed by atoms with Gasteiger partial charge < -0.3 is 0 Å². The summed E-state index contributed by atoms with van der Waals surface area (Å²) in [7, 11) is -3.27. The van der Waals surface area contributed by atoms with Crippen molar-refractivity contribution >= 4 is 21.5 Å². The zero-order valence-corrected chi connectivity index (χ0v) is 12.6. The molecule has 110 valence electrons. The highest BCUT2D eigenvalue weighted by Crippen LogP contribution is 2.29. The van der Waals surface area contributed by atoms with E-state index in [2.05, 4.69) is 4.72 Å². The Morgan fingerprint density at radius 1 is 1.20 bits per heavy atom. The molecule has 20 heavy (non-hydrogen) atoms. The number of Topliss-reactive ketones (excluding diaryl/α,β-unsaturated/α-hetero) is 1. The molecule has 1 fully saturated rings. The molecule has 0 saturated heterocycles. The third-order valence-corrected chi connectivity index (χ3v) is 4.37. The predicted molar refractivity (Wildman–Crippen MR) is 80.4 cm³/mol. The van der Waals surface area contributed by atoms with Crippen LogP contribution in [-0.4, -0.2) is 20.5 Å². The van der Waals surface area contributed by atoms with Gasteiger partial charge in [0.05, 0.1) is 6.26 Å². The van der Waals surface area contributed by atoms with Crippen molar-refractivity contribution in [3.8, 4) is 0 Å². The zero-order valence-electron chi connectivity index (χ0n) is 11.8. The van der Waals surface area contributed by atoms with Gasteiger partial charge in [-0.25, -0.2) is 8.42 Å². The molecule has 0 spiro atoms. The smallest absolute Gasteiger partial charge is 0.229 e. The highest BCUT2D eigenvalue weighted by Gasteiger charge is 2.16. The highest BCUT2D eigenvalue weighted by molar-refractivity contribution is 7.92. The summed E-state index contributed by atoms with van der Waals surface area (Å²) in [5.74, 6) is 0.855. The van der Waals surface area contributed by atoms with Crippen LogP contribution in [0.25, 0.3) is 0 Å². The molecule has 0 heterocycles. The first-order valence-electron chi connectivity index (χ1n) is 7.05. The van der Waals surface area contributed by atoms with Gasteiger partial charge in [0, 0.05) is 17.7 Å². The number of sulfonamides is 1. The molecule has 1 aliphatic carbocycles. The van der Waals surface area contributed by atoms with E-state index in [9.17, 15) is 13.2 Å². The summed E-state index contributed by atoms with van der Waals surface area (Å²) in [6, 6.07) is 6.63. The molecule has 0 bridgehead atoms. The molecule has 5 heteroatoms. The Balaban J connectivity index is 1.90. The minimum absolute atomic E-state index is 0.141. The lowest BCUT2D eigenvalue weighted by atomic mass is 9.97. The van der Waals surface area contributed by atoms with Crippen molar-refractivity contribution in [2.45, 2.75) is 38.5 Å². The Labute approximate surface area is 120 Å². The fourth-order valence-corrected chi connectivity index (χ4v) is 3.28. The molecule has 0 unspecified atom stereocenters. The van der Waals surface area contributed by atoms with Crippen LogP contribution in [0.5, 0.6) is 0 Å². The third-order valence-electron chi connectivity index (χ3n) is 3.76. The topological polar surface area (TPSA) is 63.2 Å². The Morgan fingerprint density at radius 2 is 1.80 bits per heavy atom. The molecule has 1 aromatic rings. The summed E-state index contributed by atoms with van der Waals surface area (Å²) < 4.78 is 24.6. The Bertz CT molecular complexity index is 557. The fourth-order valence-electron chi connectivity index (χ4n) is 2.72. The Hall–Kier alpha value is -1.36. The number of carbonyl (C=O) groups excluding carboxylic acids is 1. The summed E-state index contributed by atoms with van der Waals surface area (Å²) in [6.45, 7) is 0.